The van der Waals surface area contributed by atoms with Gasteiger partial charge in [-0.3, -0.25) is 9.29 Å². The first-order chi connectivity index (χ1) is 16.9. The van der Waals surface area contributed by atoms with Crippen LogP contribution in [0, 0.1) is 0 Å². The molecule has 0 spiro atoms. The molecule has 4 heterocycles. The Hall–Kier alpha value is -3.77. The Labute approximate surface area is 203 Å². The normalized spacial score (nSPS) is 14.3. The highest BCUT2D eigenvalue weighted by molar-refractivity contribution is 7.92. The number of sulfonamides is 1. The van der Waals surface area contributed by atoms with Gasteiger partial charge in [0, 0.05) is 74.8 Å². The van der Waals surface area contributed by atoms with Crippen molar-refractivity contribution in [2.24, 2.45) is 0 Å². The number of nitrogens with zero attached hydrogens (tertiary/aromatic N) is 7. The number of benzene rings is 1. The minimum absolute atomic E-state index is 0.286. The molecule has 0 bridgehead atoms. The van der Waals surface area contributed by atoms with Gasteiger partial charge in [-0.2, -0.15) is 4.98 Å². The predicted molar refractivity (Wildman–Crippen MR) is 137 cm³/mol. The molecule has 1 aromatic carbocycles. The number of fused-ring (bicyclic) bond motifs is 1. The van der Waals surface area contributed by atoms with E-state index < -0.39 is 10.0 Å². The summed E-state index contributed by atoms with van der Waals surface area (Å²) in [6.45, 7) is 4.29. The molecule has 11 nitrogen and oxygen atoms in total. The third kappa shape index (κ3) is 5.03. The number of piperazine rings is 1. The van der Waals surface area contributed by atoms with Crippen LogP contribution in [0.5, 0.6) is 0 Å². The average molecular weight is 494 g/mol. The van der Waals surface area contributed by atoms with E-state index in [0.717, 1.165) is 47.8 Å². The second-order valence-electron chi connectivity index (χ2n) is 8.38. The fraction of sp³-hybridized carbons (Fsp3) is 0.304. The summed E-state index contributed by atoms with van der Waals surface area (Å²) in [7, 11) is -2.01. The minimum Gasteiger partial charge on any atom is -0.369 e. The monoisotopic (exact) mass is 493 g/mol. The van der Waals surface area contributed by atoms with Crippen LogP contribution in [-0.2, 0) is 16.6 Å². The molecule has 1 aliphatic rings. The highest BCUT2D eigenvalue weighted by Gasteiger charge is 2.19. The van der Waals surface area contributed by atoms with Crippen LogP contribution in [0.4, 0.5) is 23.1 Å². The van der Waals surface area contributed by atoms with Gasteiger partial charge in [-0.15, -0.1) is 0 Å². The first-order valence-corrected chi connectivity index (χ1v) is 13.1. The van der Waals surface area contributed by atoms with Crippen molar-refractivity contribution in [1.29, 1.82) is 0 Å². The zero-order valence-corrected chi connectivity index (χ0v) is 20.4. The first kappa shape index (κ1) is 23.0. The van der Waals surface area contributed by atoms with Gasteiger partial charge in [0.15, 0.2) is 5.82 Å². The van der Waals surface area contributed by atoms with Gasteiger partial charge < -0.3 is 20.1 Å². The number of aromatic nitrogens is 5. The summed E-state index contributed by atoms with van der Waals surface area (Å²) in [5, 5.41) is 7.51. The molecule has 0 radical (unpaired) electrons. The van der Waals surface area contributed by atoms with E-state index in [-0.39, 0.29) is 5.82 Å². The Kier molecular flexibility index (Phi) is 6.22. The molecule has 0 atom stereocenters. The standard InChI is InChI=1S/C23H27N9O2S/c1-30(35(2,33)34)22-20(25-8-9-26-22)16-32-12-7-17-15-27-23(29-21(17)32)28-18-3-5-19(6-4-18)31-13-10-24-11-14-31/h3-9,12,15,24H,10-11,13-14,16H2,1-2H3,(H,27,28,29). The molecule has 1 aliphatic heterocycles. The Morgan fingerprint density at radius 2 is 1.80 bits per heavy atom. The molecule has 3 aromatic heterocycles. The Morgan fingerprint density at radius 1 is 1.06 bits per heavy atom. The van der Waals surface area contributed by atoms with Crippen LogP contribution in [0.25, 0.3) is 11.0 Å². The molecule has 1 saturated heterocycles. The Morgan fingerprint density at radius 3 is 2.54 bits per heavy atom. The van der Waals surface area contributed by atoms with E-state index >= 15 is 0 Å². The third-order valence-corrected chi connectivity index (χ3v) is 7.14. The molecule has 4 aromatic rings. The van der Waals surface area contributed by atoms with E-state index in [1.807, 2.05) is 29.0 Å². The second-order valence-corrected chi connectivity index (χ2v) is 10.4. The van der Waals surface area contributed by atoms with Crippen LogP contribution in [-0.4, -0.2) is 72.4 Å². The van der Waals surface area contributed by atoms with Gasteiger partial charge in [0.25, 0.3) is 0 Å². The topological polar surface area (TPSA) is 121 Å². The van der Waals surface area contributed by atoms with Gasteiger partial charge in [0.1, 0.15) is 11.3 Å². The van der Waals surface area contributed by atoms with E-state index in [9.17, 15) is 8.42 Å². The van der Waals surface area contributed by atoms with Crippen LogP contribution in [0.3, 0.4) is 0 Å². The molecule has 0 saturated carbocycles. The summed E-state index contributed by atoms with van der Waals surface area (Å²) in [5.74, 6) is 0.758. The van der Waals surface area contributed by atoms with Gasteiger partial charge in [-0.05, 0) is 30.3 Å². The molecule has 12 heteroatoms. The first-order valence-electron chi connectivity index (χ1n) is 11.3. The smallest absolute Gasteiger partial charge is 0.233 e. The Balaban J connectivity index is 1.37. The van der Waals surface area contributed by atoms with Crippen molar-refractivity contribution in [3.63, 3.8) is 0 Å². The zero-order valence-electron chi connectivity index (χ0n) is 19.6. The summed E-state index contributed by atoms with van der Waals surface area (Å²) in [4.78, 5) is 20.1. The molecule has 5 rings (SSSR count). The molecule has 2 N–H and O–H groups in total. The van der Waals surface area contributed by atoms with E-state index in [4.69, 9.17) is 4.98 Å². The molecule has 0 unspecified atom stereocenters. The predicted octanol–water partition coefficient (Wildman–Crippen LogP) is 1.82. The van der Waals surface area contributed by atoms with Crippen LogP contribution in [0.15, 0.2) is 55.1 Å². The van der Waals surface area contributed by atoms with Gasteiger partial charge in [-0.25, -0.2) is 18.4 Å². The summed E-state index contributed by atoms with van der Waals surface area (Å²) in [5.41, 5.74) is 3.32. The highest BCUT2D eigenvalue weighted by Crippen LogP contribution is 2.23. The van der Waals surface area contributed by atoms with E-state index in [1.165, 1.54) is 18.9 Å². The minimum atomic E-state index is -3.47. The lowest BCUT2D eigenvalue weighted by Gasteiger charge is -2.29. The van der Waals surface area contributed by atoms with Crippen molar-refractivity contribution in [1.82, 2.24) is 29.8 Å². The van der Waals surface area contributed by atoms with Crippen LogP contribution in [0.2, 0.25) is 0 Å². The van der Waals surface area contributed by atoms with Crippen molar-refractivity contribution >= 4 is 44.2 Å². The lowest BCUT2D eigenvalue weighted by atomic mass is 10.2. The molecule has 1 fully saturated rings. The number of hydrogen-bond donors (Lipinski definition) is 2. The average Bonchev–Trinajstić information content (AvgIpc) is 3.26. The van der Waals surface area contributed by atoms with Gasteiger partial charge in [-0.1, -0.05) is 0 Å². The summed E-state index contributed by atoms with van der Waals surface area (Å²) in [6.07, 6.45) is 7.80. The lowest BCUT2D eigenvalue weighted by molar-refractivity contribution is 0.589. The maximum absolute atomic E-state index is 12.0. The second kappa shape index (κ2) is 9.47. The fourth-order valence-corrected chi connectivity index (χ4v) is 4.49. The largest absolute Gasteiger partial charge is 0.369 e. The van der Waals surface area contributed by atoms with E-state index in [2.05, 4.69) is 42.6 Å². The van der Waals surface area contributed by atoms with Crippen LogP contribution >= 0.6 is 0 Å². The molecule has 182 valence electrons. The number of nitrogens with one attached hydrogen (secondary N) is 2. The van der Waals surface area contributed by atoms with Crippen LogP contribution in [0.1, 0.15) is 5.69 Å². The van der Waals surface area contributed by atoms with Crippen molar-refractivity contribution in [3.05, 3.63) is 60.8 Å². The van der Waals surface area contributed by atoms with Crippen molar-refractivity contribution in [2.75, 3.05) is 54.0 Å². The lowest BCUT2D eigenvalue weighted by Crippen LogP contribution is -2.43. The van der Waals surface area contributed by atoms with E-state index in [1.54, 1.807) is 12.4 Å². The third-order valence-electron chi connectivity index (χ3n) is 5.98. The van der Waals surface area contributed by atoms with Crippen molar-refractivity contribution < 1.29 is 8.42 Å². The molecule has 35 heavy (non-hydrogen) atoms. The van der Waals surface area contributed by atoms with Crippen LogP contribution < -0.4 is 19.8 Å². The van der Waals surface area contributed by atoms with Gasteiger partial charge in [0.2, 0.25) is 16.0 Å². The molecular weight excluding hydrogens is 466 g/mol. The fourth-order valence-electron chi connectivity index (χ4n) is 4.02. The summed E-state index contributed by atoms with van der Waals surface area (Å²) < 4.78 is 27.1. The van der Waals surface area contributed by atoms with E-state index in [0.29, 0.717) is 23.8 Å². The summed E-state index contributed by atoms with van der Waals surface area (Å²) in [6, 6.07) is 10.2. The molecule has 0 amide bonds. The molecular formula is C23H27N9O2S. The number of anilines is 4. The maximum atomic E-state index is 12.0. The van der Waals surface area contributed by atoms with Gasteiger partial charge in [0.05, 0.1) is 12.8 Å². The number of rotatable bonds is 7. The molecule has 0 aliphatic carbocycles. The van der Waals surface area contributed by atoms with Crippen molar-refractivity contribution in [2.45, 2.75) is 6.54 Å². The number of hydrogen-bond acceptors (Lipinski definition) is 9. The van der Waals surface area contributed by atoms with Crippen molar-refractivity contribution in [3.8, 4) is 0 Å². The summed E-state index contributed by atoms with van der Waals surface area (Å²) >= 11 is 0. The zero-order chi connectivity index (χ0) is 24.4. The maximum Gasteiger partial charge on any atom is 0.233 e. The SMILES string of the molecule is CN(c1nccnc1Cn1ccc2cnc(Nc3ccc(N4CCNCC4)cc3)nc21)S(C)(=O)=O. The quantitative estimate of drug-likeness (QED) is 0.397. The Bertz CT molecular complexity index is 1430. The van der Waals surface area contributed by atoms with Gasteiger partial charge >= 0.3 is 0 Å². The highest BCUT2D eigenvalue weighted by atomic mass is 32.2.